The van der Waals surface area contributed by atoms with Gasteiger partial charge in [-0.3, -0.25) is 14.8 Å². The van der Waals surface area contributed by atoms with Gasteiger partial charge in [0.1, 0.15) is 0 Å². The van der Waals surface area contributed by atoms with Crippen LogP contribution in [0.25, 0.3) is 0 Å². The van der Waals surface area contributed by atoms with Gasteiger partial charge in [-0.05, 0) is 12.8 Å². The summed E-state index contributed by atoms with van der Waals surface area (Å²) in [4.78, 5) is 19.7. The van der Waals surface area contributed by atoms with Gasteiger partial charge in [0, 0.05) is 18.3 Å². The third-order valence-corrected chi connectivity index (χ3v) is 2.79. The lowest BCUT2D eigenvalue weighted by Gasteiger charge is -2.09. The largest absolute Gasteiger partial charge is 0.350 e. The zero-order valence-corrected chi connectivity index (χ0v) is 8.65. The van der Waals surface area contributed by atoms with Crippen molar-refractivity contribution in [2.24, 2.45) is 5.92 Å². The fourth-order valence-electron chi connectivity index (χ4n) is 1.93. The highest BCUT2D eigenvalue weighted by atomic mass is 16.1. The number of aromatic nitrogens is 2. The fraction of sp³-hybridized carbons (Fsp3) is 0.545. The Morgan fingerprint density at radius 2 is 2.20 bits per heavy atom. The Kier molecular flexibility index (Phi) is 3.27. The third-order valence-electron chi connectivity index (χ3n) is 2.79. The van der Waals surface area contributed by atoms with Crippen LogP contribution in [0.1, 0.15) is 31.4 Å². The van der Waals surface area contributed by atoms with Gasteiger partial charge in [-0.2, -0.15) is 0 Å². The Morgan fingerprint density at radius 3 is 2.87 bits per heavy atom. The molecule has 80 valence electrons. The molecule has 1 fully saturated rings. The summed E-state index contributed by atoms with van der Waals surface area (Å²) in [6.45, 7) is 0.489. The molecule has 2 rings (SSSR count). The molecule has 0 unspecified atom stereocenters. The van der Waals surface area contributed by atoms with Gasteiger partial charge in [0.05, 0.1) is 18.4 Å². The lowest BCUT2D eigenvalue weighted by Crippen LogP contribution is -2.29. The Morgan fingerprint density at radius 1 is 1.40 bits per heavy atom. The average molecular weight is 205 g/mol. The summed E-state index contributed by atoms with van der Waals surface area (Å²) in [7, 11) is 0. The van der Waals surface area contributed by atoms with Gasteiger partial charge in [0.15, 0.2) is 0 Å². The molecule has 1 amide bonds. The van der Waals surface area contributed by atoms with Crippen LogP contribution in [0.2, 0.25) is 0 Å². The average Bonchev–Trinajstić information content (AvgIpc) is 2.81. The number of rotatable bonds is 3. The third kappa shape index (κ3) is 2.75. The summed E-state index contributed by atoms with van der Waals surface area (Å²) in [5.41, 5.74) is 0.809. The van der Waals surface area contributed by atoms with Crippen molar-refractivity contribution >= 4 is 5.91 Å². The van der Waals surface area contributed by atoms with Crippen LogP contribution in [0, 0.1) is 5.92 Å². The summed E-state index contributed by atoms with van der Waals surface area (Å²) in [5, 5.41) is 2.90. The molecule has 1 aliphatic carbocycles. The van der Waals surface area contributed by atoms with Crippen molar-refractivity contribution < 1.29 is 4.79 Å². The molecule has 1 saturated carbocycles. The molecule has 0 atom stereocenters. The first kappa shape index (κ1) is 10.1. The highest BCUT2D eigenvalue weighted by Crippen LogP contribution is 2.24. The van der Waals surface area contributed by atoms with Crippen molar-refractivity contribution in [2.45, 2.75) is 32.2 Å². The van der Waals surface area contributed by atoms with Gasteiger partial charge < -0.3 is 5.32 Å². The normalized spacial score (nSPS) is 16.5. The van der Waals surface area contributed by atoms with E-state index in [-0.39, 0.29) is 11.8 Å². The van der Waals surface area contributed by atoms with E-state index >= 15 is 0 Å². The topological polar surface area (TPSA) is 54.9 Å². The number of carbonyl (C=O) groups excluding carboxylic acids is 1. The van der Waals surface area contributed by atoms with Crippen LogP contribution in [0.4, 0.5) is 0 Å². The van der Waals surface area contributed by atoms with Crippen molar-refractivity contribution in [3.05, 3.63) is 24.3 Å². The number of hydrogen-bond acceptors (Lipinski definition) is 3. The molecule has 1 N–H and O–H groups in total. The second kappa shape index (κ2) is 4.87. The predicted octanol–water partition coefficient (Wildman–Crippen LogP) is 1.28. The van der Waals surface area contributed by atoms with Gasteiger partial charge in [-0.25, -0.2) is 0 Å². The maximum atomic E-state index is 11.7. The Balaban J connectivity index is 1.80. The minimum absolute atomic E-state index is 0.165. The Hall–Kier alpha value is -1.45. The van der Waals surface area contributed by atoms with Gasteiger partial charge in [-0.1, -0.05) is 12.8 Å². The monoisotopic (exact) mass is 205 g/mol. The molecule has 0 spiro atoms. The van der Waals surface area contributed by atoms with E-state index in [2.05, 4.69) is 15.3 Å². The number of carbonyl (C=O) groups is 1. The number of hydrogen-bond donors (Lipinski definition) is 1. The second-order valence-electron chi connectivity index (χ2n) is 3.90. The number of nitrogens with one attached hydrogen (secondary N) is 1. The summed E-state index contributed by atoms with van der Waals surface area (Å²) in [6, 6.07) is 0. The summed E-state index contributed by atoms with van der Waals surface area (Å²) in [6.07, 6.45) is 9.37. The van der Waals surface area contributed by atoms with Gasteiger partial charge in [-0.15, -0.1) is 0 Å². The number of amides is 1. The van der Waals surface area contributed by atoms with E-state index in [0.29, 0.717) is 6.54 Å². The van der Waals surface area contributed by atoms with Gasteiger partial charge in [0.2, 0.25) is 5.91 Å². The van der Waals surface area contributed by atoms with E-state index in [0.717, 1.165) is 18.5 Å². The van der Waals surface area contributed by atoms with Crippen LogP contribution in [0.3, 0.4) is 0 Å². The zero-order valence-electron chi connectivity index (χ0n) is 8.65. The van der Waals surface area contributed by atoms with Gasteiger partial charge in [0.25, 0.3) is 0 Å². The SMILES string of the molecule is O=C(NCc1cnccn1)C1CCCC1. The minimum Gasteiger partial charge on any atom is -0.350 e. The van der Waals surface area contributed by atoms with E-state index in [1.54, 1.807) is 18.6 Å². The van der Waals surface area contributed by atoms with Crippen LogP contribution in [-0.2, 0) is 11.3 Å². The number of nitrogens with zero attached hydrogens (tertiary/aromatic N) is 2. The predicted molar refractivity (Wildman–Crippen MR) is 55.8 cm³/mol. The van der Waals surface area contributed by atoms with E-state index < -0.39 is 0 Å². The van der Waals surface area contributed by atoms with Crippen LogP contribution in [-0.4, -0.2) is 15.9 Å². The van der Waals surface area contributed by atoms with Crippen molar-refractivity contribution in [1.82, 2.24) is 15.3 Å². The van der Waals surface area contributed by atoms with Crippen LogP contribution >= 0.6 is 0 Å². The lowest BCUT2D eigenvalue weighted by atomic mass is 10.1. The van der Waals surface area contributed by atoms with Crippen LogP contribution in [0.5, 0.6) is 0 Å². The maximum absolute atomic E-state index is 11.7. The standard InChI is InChI=1S/C11H15N3O/c15-11(9-3-1-2-4-9)14-8-10-7-12-5-6-13-10/h5-7,9H,1-4,8H2,(H,14,15). The van der Waals surface area contributed by atoms with E-state index in [4.69, 9.17) is 0 Å². The summed E-state index contributed by atoms with van der Waals surface area (Å²) in [5.74, 6) is 0.389. The molecular formula is C11H15N3O. The molecule has 1 aliphatic rings. The molecule has 0 bridgehead atoms. The van der Waals surface area contributed by atoms with Crippen LogP contribution < -0.4 is 5.32 Å². The summed E-state index contributed by atoms with van der Waals surface area (Å²) < 4.78 is 0. The van der Waals surface area contributed by atoms with Gasteiger partial charge >= 0.3 is 0 Å². The van der Waals surface area contributed by atoms with Crippen molar-refractivity contribution in [3.8, 4) is 0 Å². The van der Waals surface area contributed by atoms with E-state index in [9.17, 15) is 4.79 Å². The molecule has 4 heteroatoms. The molecular weight excluding hydrogens is 190 g/mol. The zero-order chi connectivity index (χ0) is 10.5. The molecule has 15 heavy (non-hydrogen) atoms. The quantitative estimate of drug-likeness (QED) is 0.808. The molecule has 1 heterocycles. The fourth-order valence-corrected chi connectivity index (χ4v) is 1.93. The summed E-state index contributed by atoms with van der Waals surface area (Å²) >= 11 is 0. The molecule has 0 aromatic carbocycles. The molecule has 1 aromatic rings. The first-order valence-electron chi connectivity index (χ1n) is 5.39. The highest BCUT2D eigenvalue weighted by Gasteiger charge is 2.22. The maximum Gasteiger partial charge on any atom is 0.223 e. The van der Waals surface area contributed by atoms with Crippen molar-refractivity contribution in [3.63, 3.8) is 0 Å². The first-order valence-corrected chi connectivity index (χ1v) is 5.39. The lowest BCUT2D eigenvalue weighted by molar-refractivity contribution is -0.124. The van der Waals surface area contributed by atoms with Crippen molar-refractivity contribution in [1.29, 1.82) is 0 Å². The van der Waals surface area contributed by atoms with Crippen LogP contribution in [0.15, 0.2) is 18.6 Å². The first-order chi connectivity index (χ1) is 7.36. The highest BCUT2D eigenvalue weighted by molar-refractivity contribution is 5.78. The van der Waals surface area contributed by atoms with E-state index in [1.807, 2.05) is 0 Å². The second-order valence-corrected chi connectivity index (χ2v) is 3.90. The smallest absolute Gasteiger partial charge is 0.223 e. The molecule has 0 radical (unpaired) electrons. The van der Waals surface area contributed by atoms with E-state index in [1.165, 1.54) is 12.8 Å². The molecule has 1 aromatic heterocycles. The van der Waals surface area contributed by atoms with Crippen molar-refractivity contribution in [2.75, 3.05) is 0 Å². The molecule has 4 nitrogen and oxygen atoms in total. The Labute approximate surface area is 89.1 Å². The minimum atomic E-state index is 0.165. The molecule has 0 aliphatic heterocycles. The Bertz CT molecular complexity index is 320. The molecule has 0 saturated heterocycles.